The fraction of sp³-hybridized carbons (Fsp3) is 0.106. The monoisotopic (exact) mass is 1490 g/mol. The van der Waals surface area contributed by atoms with Crippen LogP contribution in [0.1, 0.15) is 33.4 Å². The first kappa shape index (κ1) is 75.0. The van der Waals surface area contributed by atoms with Crippen molar-refractivity contribution in [3.8, 4) is 93.2 Å². The van der Waals surface area contributed by atoms with Crippen LogP contribution in [0.5, 0.6) is 34.5 Å². The standard InChI is InChI=1S/C94H72N14O6/c95-53-67-21-41-81(42-22-67)109-61-93(62-110-82-43-23-68(54-96)24-44-82,63-111-83-45-25-69(55-97)26-46-83)59-102-103-90-88(74-35-39-80(40-36-74)108(77-17-9-3-10-18-77)78-19-11-4-12-20-78)92-91(87(89(90)101)73-33-37-79(38-34-73)107(75-13-5-1-6-14-75)76-15-7-2-8-16-76)104-106(105-92)60-94(64-112-84-47-27-70(56-98)28-48-84,65-113-85-49-29-71(57-99)30-50-85)66-114-86-51-31-72(58-100)32-52-86/h1-52,102-103H,59-66,101H2. The van der Waals surface area contributed by atoms with E-state index in [1.807, 2.05) is 109 Å². The van der Waals surface area contributed by atoms with Crippen LogP contribution in [0.3, 0.4) is 0 Å². The van der Waals surface area contributed by atoms with Gasteiger partial charge in [-0.25, -0.2) is 5.43 Å². The van der Waals surface area contributed by atoms with Crippen LogP contribution in [-0.4, -0.2) is 61.2 Å². The summed E-state index contributed by atoms with van der Waals surface area (Å²) in [6.07, 6.45) is 0. The average Bonchev–Trinajstić information content (AvgIpc) is 1.33. The third-order valence-electron chi connectivity index (χ3n) is 19.1. The maximum Gasteiger partial charge on any atom is 0.123 e. The Hall–Kier alpha value is -15.8. The van der Waals surface area contributed by atoms with Gasteiger partial charge in [-0.3, -0.25) is 0 Å². The summed E-state index contributed by atoms with van der Waals surface area (Å²) in [6, 6.07) is 111. The SMILES string of the molecule is N#Cc1ccc(OCC(CNNc2c(N)c(-c3ccc(N(c4ccccc4)c4ccccc4)cc3)c3nn(CC(COc4ccc(C#N)cc4)(COc4ccc(C#N)cc4)COc4ccc(C#N)cc4)nc3c2-c2ccc(N(c3ccccc3)c3ccccc3)cc2)(COc2ccc(C#N)cc2)COc2ccc(C#N)cc2)cc1. The highest BCUT2D eigenvalue weighted by molar-refractivity contribution is 6.13. The summed E-state index contributed by atoms with van der Waals surface area (Å²) in [6.45, 7) is -0.278. The van der Waals surface area contributed by atoms with Crippen molar-refractivity contribution in [2.75, 3.05) is 67.1 Å². The van der Waals surface area contributed by atoms with E-state index in [0.29, 0.717) is 107 Å². The highest BCUT2D eigenvalue weighted by atomic mass is 16.5. The molecule has 1 aromatic heterocycles. The summed E-state index contributed by atoms with van der Waals surface area (Å²) < 4.78 is 40.5. The Kier molecular flexibility index (Phi) is 23.3. The van der Waals surface area contributed by atoms with Gasteiger partial charge in [0.15, 0.2) is 0 Å². The number of nitrogens with two attached hydrogens (primary N) is 1. The van der Waals surface area contributed by atoms with Crippen molar-refractivity contribution in [1.29, 1.82) is 31.6 Å². The highest BCUT2D eigenvalue weighted by Gasteiger charge is 2.39. The van der Waals surface area contributed by atoms with Crippen molar-refractivity contribution < 1.29 is 28.4 Å². The quantitative estimate of drug-likeness (QED) is 0.0261. The van der Waals surface area contributed by atoms with Crippen LogP contribution in [0, 0.1) is 78.8 Å². The molecule has 1 heterocycles. The minimum atomic E-state index is -1.21. The van der Waals surface area contributed by atoms with Crippen LogP contribution >= 0.6 is 0 Å². The molecule has 0 unspecified atom stereocenters. The Morgan fingerprint density at radius 2 is 0.553 bits per heavy atom. The van der Waals surface area contributed by atoms with Gasteiger partial charge in [-0.05, 0) is 230 Å². The maximum absolute atomic E-state index is 9.84. The molecule has 20 nitrogen and oxygen atoms in total. The molecule has 0 fully saturated rings. The molecule has 0 bridgehead atoms. The number of nitrogens with one attached hydrogen (secondary N) is 2. The van der Waals surface area contributed by atoms with Gasteiger partial charge < -0.3 is 49.4 Å². The lowest BCUT2D eigenvalue weighted by atomic mass is 9.90. The molecule has 0 aliphatic heterocycles. The van der Waals surface area contributed by atoms with E-state index in [4.69, 9.17) is 44.4 Å². The molecule has 20 heteroatoms. The van der Waals surface area contributed by atoms with Crippen LogP contribution in [0.15, 0.2) is 315 Å². The number of nitrogens with zero attached hydrogens (tertiary/aromatic N) is 11. The normalized spacial score (nSPS) is 10.9. The summed E-state index contributed by atoms with van der Waals surface area (Å²) >= 11 is 0. The molecule has 0 amide bonds. The molecule has 4 N–H and O–H groups in total. The Labute approximate surface area is 659 Å². The van der Waals surface area contributed by atoms with Gasteiger partial charge in [0, 0.05) is 51.8 Å². The third-order valence-corrected chi connectivity index (χ3v) is 19.1. The molecule has 14 aromatic rings. The first-order valence-electron chi connectivity index (χ1n) is 36.5. The predicted molar refractivity (Wildman–Crippen MR) is 439 cm³/mol. The van der Waals surface area contributed by atoms with Gasteiger partial charge >= 0.3 is 0 Å². The van der Waals surface area contributed by atoms with E-state index in [-0.39, 0.29) is 58.4 Å². The number of nitriles is 6. The molecule has 0 spiro atoms. The Balaban J connectivity index is 0.966. The molecule has 14 rings (SSSR count). The van der Waals surface area contributed by atoms with E-state index in [2.05, 4.69) is 118 Å². The number of hydrogen-bond donors (Lipinski definition) is 3. The van der Waals surface area contributed by atoms with Gasteiger partial charge in [-0.1, -0.05) is 97.1 Å². The van der Waals surface area contributed by atoms with Crippen LogP contribution in [0.2, 0.25) is 0 Å². The summed E-state index contributed by atoms with van der Waals surface area (Å²) in [7, 11) is 0. The van der Waals surface area contributed by atoms with Crippen molar-refractivity contribution in [3.63, 3.8) is 0 Å². The van der Waals surface area contributed by atoms with Crippen molar-refractivity contribution in [1.82, 2.24) is 20.4 Å². The van der Waals surface area contributed by atoms with Crippen molar-refractivity contribution in [2.24, 2.45) is 10.8 Å². The highest BCUT2D eigenvalue weighted by Crippen LogP contribution is 2.48. The van der Waals surface area contributed by atoms with Crippen molar-refractivity contribution >= 4 is 56.5 Å². The van der Waals surface area contributed by atoms with E-state index < -0.39 is 10.8 Å². The molecular weight excluding hydrogens is 1420 g/mol. The largest absolute Gasteiger partial charge is 0.493 e. The number of fused-ring (bicyclic) bond motifs is 1. The average molecular weight is 1490 g/mol. The smallest absolute Gasteiger partial charge is 0.123 e. The van der Waals surface area contributed by atoms with Gasteiger partial charge in [-0.2, -0.15) is 46.6 Å². The van der Waals surface area contributed by atoms with Crippen LogP contribution in [0.4, 0.5) is 45.5 Å². The molecule has 0 aliphatic rings. The van der Waals surface area contributed by atoms with Crippen LogP contribution in [0.25, 0.3) is 33.3 Å². The van der Waals surface area contributed by atoms with Gasteiger partial charge in [0.05, 0.1) is 98.5 Å². The number of anilines is 8. The van der Waals surface area contributed by atoms with Crippen molar-refractivity contribution in [3.05, 3.63) is 349 Å². The number of hydrogen-bond acceptors (Lipinski definition) is 19. The van der Waals surface area contributed by atoms with E-state index in [1.165, 1.54) is 0 Å². The lowest BCUT2D eigenvalue weighted by molar-refractivity contribution is 0.0131. The zero-order chi connectivity index (χ0) is 78.5. The lowest BCUT2D eigenvalue weighted by Crippen LogP contribution is -2.49. The molecule has 554 valence electrons. The Morgan fingerprint density at radius 3 is 0.825 bits per heavy atom. The lowest BCUT2D eigenvalue weighted by Gasteiger charge is -2.34. The number of rotatable bonds is 32. The fourth-order valence-corrected chi connectivity index (χ4v) is 13.1. The van der Waals surface area contributed by atoms with Crippen LogP contribution in [-0.2, 0) is 6.54 Å². The Bertz CT molecular complexity index is 5490. The van der Waals surface area contributed by atoms with E-state index >= 15 is 0 Å². The summed E-state index contributed by atoms with van der Waals surface area (Å²) in [5, 5.41) is 70.1. The number of nitrogen functional groups attached to an aromatic ring is 1. The number of ether oxygens (including phenoxy) is 6. The van der Waals surface area contributed by atoms with Gasteiger partial charge in [0.25, 0.3) is 0 Å². The number of benzene rings is 13. The summed E-state index contributed by atoms with van der Waals surface area (Å²) in [4.78, 5) is 5.97. The minimum absolute atomic E-state index is 0.0301. The van der Waals surface area contributed by atoms with Gasteiger partial charge in [0.2, 0.25) is 0 Å². The zero-order valence-corrected chi connectivity index (χ0v) is 61.6. The molecule has 0 saturated heterocycles. The summed E-state index contributed by atoms with van der Waals surface area (Å²) in [5.74, 6) is 2.81. The van der Waals surface area contributed by atoms with Crippen molar-refractivity contribution in [2.45, 2.75) is 6.54 Å². The van der Waals surface area contributed by atoms with Gasteiger partial charge in [-0.15, -0.1) is 0 Å². The second-order valence-electron chi connectivity index (χ2n) is 27.1. The molecular formula is C94H72N14O6. The third kappa shape index (κ3) is 18.0. The fourth-order valence-electron chi connectivity index (χ4n) is 13.1. The summed E-state index contributed by atoms with van der Waals surface area (Å²) in [5.41, 5.74) is 25.1. The van der Waals surface area contributed by atoms with Crippen LogP contribution < -0.4 is 54.8 Å². The van der Waals surface area contributed by atoms with E-state index in [1.54, 1.807) is 150 Å². The first-order valence-corrected chi connectivity index (χ1v) is 36.5. The van der Waals surface area contributed by atoms with Gasteiger partial charge in [0.1, 0.15) is 85.2 Å². The van der Waals surface area contributed by atoms with E-state index in [0.717, 1.165) is 34.1 Å². The Morgan fingerprint density at radius 1 is 0.307 bits per heavy atom. The number of aromatic nitrogens is 3. The molecule has 0 atom stereocenters. The molecule has 114 heavy (non-hydrogen) atoms. The minimum Gasteiger partial charge on any atom is -0.493 e. The number of para-hydroxylation sites is 4. The second-order valence-corrected chi connectivity index (χ2v) is 27.1. The first-order chi connectivity index (χ1) is 56.0. The maximum atomic E-state index is 9.84. The van der Waals surface area contributed by atoms with E-state index in [9.17, 15) is 31.6 Å². The molecule has 0 saturated carbocycles. The predicted octanol–water partition coefficient (Wildman–Crippen LogP) is 18.9. The number of hydrazine groups is 1. The molecule has 0 radical (unpaired) electrons. The molecule has 13 aromatic carbocycles. The molecule has 0 aliphatic carbocycles. The topological polar surface area (TPSA) is 285 Å². The zero-order valence-electron chi connectivity index (χ0n) is 61.6. The second kappa shape index (κ2) is 35.5.